The number of hydrogen-bond donors (Lipinski definition) is 1. The molecule has 1 saturated carbocycles. The molecule has 0 aromatic heterocycles. The molecule has 0 aromatic rings. The van der Waals surface area contributed by atoms with Crippen LogP contribution in [-0.4, -0.2) is 11.8 Å². The Morgan fingerprint density at radius 3 is 2.85 bits per heavy atom. The molecule has 1 fully saturated rings. The molecule has 0 aromatic carbocycles. The van der Waals surface area contributed by atoms with Crippen molar-refractivity contribution in [1.29, 1.82) is 0 Å². The van der Waals surface area contributed by atoms with Gasteiger partial charge >= 0.3 is 0 Å². The number of hydrogen-bond acceptors (Lipinski definition) is 2. The monoisotopic (exact) mass is 179 g/mol. The highest BCUT2D eigenvalue weighted by Crippen LogP contribution is 2.38. The lowest BCUT2D eigenvalue weighted by Crippen LogP contribution is -2.40. The zero-order valence-corrected chi connectivity index (χ0v) is 8.39. The van der Waals surface area contributed by atoms with Crippen LogP contribution in [0, 0.1) is 17.3 Å². The first-order valence-corrected chi connectivity index (χ1v) is 4.80. The van der Waals surface area contributed by atoms with Crippen molar-refractivity contribution < 1.29 is 4.79 Å². The summed E-state index contributed by atoms with van der Waals surface area (Å²) in [7, 11) is 0. The third kappa shape index (κ3) is 1.92. The van der Waals surface area contributed by atoms with E-state index in [1.54, 1.807) is 6.92 Å². The van der Waals surface area contributed by atoms with E-state index >= 15 is 0 Å². The van der Waals surface area contributed by atoms with Gasteiger partial charge in [-0.15, -0.1) is 5.92 Å². The number of nitrogens with two attached hydrogens (primary N) is 1. The molecule has 0 saturated heterocycles. The van der Waals surface area contributed by atoms with E-state index in [0.29, 0.717) is 6.42 Å². The zero-order valence-electron chi connectivity index (χ0n) is 8.39. The summed E-state index contributed by atoms with van der Waals surface area (Å²) >= 11 is 0. The number of ketones is 1. The van der Waals surface area contributed by atoms with E-state index in [4.69, 9.17) is 5.73 Å². The maximum atomic E-state index is 11.8. The van der Waals surface area contributed by atoms with E-state index in [9.17, 15) is 4.79 Å². The first kappa shape index (κ1) is 10.3. The van der Waals surface area contributed by atoms with Crippen LogP contribution in [0.3, 0.4) is 0 Å². The summed E-state index contributed by atoms with van der Waals surface area (Å²) in [5, 5.41) is 0. The molecule has 2 nitrogen and oxygen atoms in total. The van der Waals surface area contributed by atoms with Gasteiger partial charge in [-0.05, 0) is 19.8 Å². The second-order valence-corrected chi connectivity index (χ2v) is 3.94. The number of Topliss-reactive ketones (excluding diaryl/α,β-unsaturated/α-hetero) is 1. The van der Waals surface area contributed by atoms with Crippen LogP contribution in [0.2, 0.25) is 0 Å². The van der Waals surface area contributed by atoms with Crippen LogP contribution in [0.4, 0.5) is 0 Å². The molecular weight excluding hydrogens is 162 g/mol. The smallest absolute Gasteiger partial charge is 0.152 e. The molecule has 13 heavy (non-hydrogen) atoms. The second kappa shape index (κ2) is 3.93. The Bertz CT molecular complexity index is 261. The normalized spacial score (nSPS) is 32.4. The summed E-state index contributed by atoms with van der Waals surface area (Å²) in [4.78, 5) is 11.8. The fourth-order valence-corrected chi connectivity index (χ4v) is 1.91. The molecule has 2 atom stereocenters. The Morgan fingerprint density at radius 1 is 1.69 bits per heavy atom. The molecule has 0 heterocycles. The highest BCUT2D eigenvalue weighted by atomic mass is 16.1. The maximum absolute atomic E-state index is 11.8. The molecule has 2 heteroatoms. The lowest BCUT2D eigenvalue weighted by molar-refractivity contribution is -0.127. The fourth-order valence-electron chi connectivity index (χ4n) is 1.91. The Labute approximate surface area is 79.9 Å². The summed E-state index contributed by atoms with van der Waals surface area (Å²) in [6, 6.07) is 0.0404. The number of carbonyl (C=O) groups is 1. The van der Waals surface area contributed by atoms with Gasteiger partial charge in [-0.2, -0.15) is 0 Å². The van der Waals surface area contributed by atoms with E-state index in [1.165, 1.54) is 0 Å². The summed E-state index contributed by atoms with van der Waals surface area (Å²) in [5.74, 6) is 5.77. The molecule has 0 bridgehead atoms. The van der Waals surface area contributed by atoms with Crippen LogP contribution in [0.25, 0.3) is 0 Å². The van der Waals surface area contributed by atoms with E-state index in [1.807, 2.05) is 6.92 Å². The highest BCUT2D eigenvalue weighted by molar-refractivity contribution is 5.87. The summed E-state index contributed by atoms with van der Waals surface area (Å²) < 4.78 is 0. The van der Waals surface area contributed by atoms with Crippen LogP contribution < -0.4 is 5.73 Å². The second-order valence-electron chi connectivity index (χ2n) is 3.94. The van der Waals surface area contributed by atoms with E-state index in [0.717, 1.165) is 19.3 Å². The van der Waals surface area contributed by atoms with Gasteiger partial charge in [0.05, 0.1) is 6.42 Å². The lowest BCUT2D eigenvalue weighted by Gasteiger charge is -2.26. The first-order valence-electron chi connectivity index (χ1n) is 4.80. The first-order chi connectivity index (χ1) is 6.11. The summed E-state index contributed by atoms with van der Waals surface area (Å²) in [6.07, 6.45) is 3.34. The largest absolute Gasteiger partial charge is 0.327 e. The Hall–Kier alpha value is -0.810. The van der Waals surface area contributed by atoms with Crippen LogP contribution in [0.15, 0.2) is 0 Å². The predicted octanol–water partition coefficient (Wildman–Crippen LogP) is 1.49. The molecular formula is C11H17NO. The molecule has 0 spiro atoms. The SMILES string of the molecule is CC#CCC(=O)C1(C)CCCC1N. The average molecular weight is 179 g/mol. The van der Waals surface area contributed by atoms with Crippen molar-refractivity contribution in [3.05, 3.63) is 0 Å². The Kier molecular flexibility index (Phi) is 3.11. The van der Waals surface area contributed by atoms with Crippen LogP contribution >= 0.6 is 0 Å². The van der Waals surface area contributed by atoms with Crippen LogP contribution in [-0.2, 0) is 4.79 Å². The Morgan fingerprint density at radius 2 is 2.38 bits per heavy atom. The van der Waals surface area contributed by atoms with Gasteiger partial charge in [-0.3, -0.25) is 4.79 Å². The third-order valence-corrected chi connectivity index (χ3v) is 3.09. The van der Waals surface area contributed by atoms with Crippen molar-refractivity contribution in [3.8, 4) is 11.8 Å². The van der Waals surface area contributed by atoms with Crippen molar-refractivity contribution in [2.45, 2.75) is 45.6 Å². The van der Waals surface area contributed by atoms with Crippen molar-refractivity contribution in [1.82, 2.24) is 0 Å². The van der Waals surface area contributed by atoms with Crippen molar-refractivity contribution in [2.75, 3.05) is 0 Å². The number of rotatable bonds is 2. The van der Waals surface area contributed by atoms with Crippen molar-refractivity contribution in [3.63, 3.8) is 0 Å². The van der Waals surface area contributed by atoms with E-state index in [-0.39, 0.29) is 17.2 Å². The van der Waals surface area contributed by atoms with Gasteiger partial charge in [-0.1, -0.05) is 19.3 Å². The molecule has 1 aliphatic carbocycles. The molecule has 2 N–H and O–H groups in total. The van der Waals surface area contributed by atoms with E-state index in [2.05, 4.69) is 11.8 Å². The quantitative estimate of drug-likeness (QED) is 0.652. The van der Waals surface area contributed by atoms with E-state index < -0.39 is 0 Å². The van der Waals surface area contributed by atoms with Gasteiger partial charge < -0.3 is 5.73 Å². The van der Waals surface area contributed by atoms with Gasteiger partial charge in [0.15, 0.2) is 5.78 Å². The molecule has 0 amide bonds. The predicted molar refractivity (Wildman–Crippen MR) is 53.0 cm³/mol. The van der Waals surface area contributed by atoms with Gasteiger partial charge in [0.25, 0.3) is 0 Å². The molecule has 1 aliphatic rings. The Balaban J connectivity index is 2.66. The summed E-state index contributed by atoms with van der Waals surface area (Å²) in [6.45, 7) is 3.73. The van der Waals surface area contributed by atoms with Crippen molar-refractivity contribution >= 4 is 5.78 Å². The molecule has 72 valence electrons. The maximum Gasteiger partial charge on any atom is 0.152 e. The lowest BCUT2D eigenvalue weighted by atomic mass is 9.79. The molecule has 1 rings (SSSR count). The van der Waals surface area contributed by atoms with Gasteiger partial charge in [0.2, 0.25) is 0 Å². The third-order valence-electron chi connectivity index (χ3n) is 3.09. The van der Waals surface area contributed by atoms with Crippen LogP contribution in [0.1, 0.15) is 39.5 Å². The minimum absolute atomic E-state index is 0.0404. The van der Waals surface area contributed by atoms with Gasteiger partial charge in [-0.25, -0.2) is 0 Å². The zero-order chi connectivity index (χ0) is 9.90. The fraction of sp³-hybridized carbons (Fsp3) is 0.727. The minimum atomic E-state index is -0.302. The van der Waals surface area contributed by atoms with Crippen LogP contribution in [0.5, 0.6) is 0 Å². The van der Waals surface area contributed by atoms with Gasteiger partial charge in [0.1, 0.15) is 0 Å². The molecule has 0 aliphatic heterocycles. The van der Waals surface area contributed by atoms with Gasteiger partial charge in [0, 0.05) is 11.5 Å². The summed E-state index contributed by atoms with van der Waals surface area (Å²) in [5.41, 5.74) is 5.62. The van der Waals surface area contributed by atoms with Crippen molar-refractivity contribution in [2.24, 2.45) is 11.1 Å². The topological polar surface area (TPSA) is 43.1 Å². The standard InChI is InChI=1S/C11H17NO/c1-3-4-7-10(13)11(2)8-5-6-9(11)12/h9H,5-8,12H2,1-2H3. The number of carbonyl (C=O) groups excluding carboxylic acids is 1. The molecule has 2 unspecified atom stereocenters. The average Bonchev–Trinajstić information content (AvgIpc) is 2.44. The highest BCUT2D eigenvalue weighted by Gasteiger charge is 2.41. The minimum Gasteiger partial charge on any atom is -0.327 e. The molecule has 0 radical (unpaired) electrons.